The summed E-state index contributed by atoms with van der Waals surface area (Å²) >= 11 is 0. The molecule has 0 saturated carbocycles. The fourth-order valence-electron chi connectivity index (χ4n) is 8.61. The number of rotatable bonds is 26. The van der Waals surface area contributed by atoms with Crippen molar-refractivity contribution >= 4 is 35.4 Å². The number of aromatic amines is 1. The lowest BCUT2D eigenvalue weighted by atomic mass is 9.93. The highest BCUT2D eigenvalue weighted by molar-refractivity contribution is 5.99. The maximum absolute atomic E-state index is 14.6. The number of H-pyrrole nitrogens is 1. The Kier molecular flexibility index (Phi) is 18.8. The van der Waals surface area contributed by atoms with Crippen LogP contribution in [0.25, 0.3) is 0 Å². The molecule has 1 unspecified atom stereocenters. The van der Waals surface area contributed by atoms with Crippen molar-refractivity contribution in [1.82, 2.24) is 36.7 Å². The molecule has 0 spiro atoms. The number of amides is 4. The van der Waals surface area contributed by atoms with E-state index in [1.807, 2.05) is 94.4 Å². The normalized spacial score (nSPS) is 17.9. The topological polar surface area (TPSA) is 232 Å². The maximum atomic E-state index is 14.6. The van der Waals surface area contributed by atoms with Gasteiger partial charge in [-0.1, -0.05) is 88.4 Å². The molecule has 0 radical (unpaired) electrons. The molecule has 3 aromatic carbocycles. The summed E-state index contributed by atoms with van der Waals surface area (Å²) in [5.41, 5.74) is 2.15. The summed E-state index contributed by atoms with van der Waals surface area (Å²) in [5.74, 6) is -2.16. The van der Waals surface area contributed by atoms with Gasteiger partial charge in [0.25, 0.3) is 5.91 Å². The van der Waals surface area contributed by atoms with Crippen LogP contribution >= 0.6 is 0 Å². The highest BCUT2D eigenvalue weighted by Gasteiger charge is 2.50. The lowest BCUT2D eigenvalue weighted by Crippen LogP contribution is -2.61. The third-order valence-corrected chi connectivity index (χ3v) is 12.4. The molecule has 4 aromatic rings. The van der Waals surface area contributed by atoms with Crippen LogP contribution in [-0.4, -0.2) is 124 Å². The van der Waals surface area contributed by atoms with Crippen LogP contribution in [0.2, 0.25) is 0 Å². The van der Waals surface area contributed by atoms with Gasteiger partial charge in [-0.3, -0.25) is 28.8 Å². The van der Waals surface area contributed by atoms with Crippen molar-refractivity contribution in [2.45, 2.75) is 117 Å². The average molecular weight is 966 g/mol. The van der Waals surface area contributed by atoms with Crippen LogP contribution in [0, 0.1) is 11.8 Å². The number of nitrogens with zero attached hydrogens (tertiary/aromatic N) is 3. The molecule has 70 heavy (non-hydrogen) atoms. The van der Waals surface area contributed by atoms with E-state index in [1.165, 1.54) is 13.1 Å². The lowest BCUT2D eigenvalue weighted by Gasteiger charge is -2.41. The third-order valence-electron chi connectivity index (χ3n) is 12.4. The molecule has 5 atom stereocenters. The summed E-state index contributed by atoms with van der Waals surface area (Å²) in [4.78, 5) is 83.1. The van der Waals surface area contributed by atoms with Crippen LogP contribution in [0.15, 0.2) is 85.1 Å². The van der Waals surface area contributed by atoms with E-state index in [2.05, 4.69) is 36.7 Å². The number of aromatic nitrogens is 3. The van der Waals surface area contributed by atoms with Gasteiger partial charge in [0.2, 0.25) is 17.7 Å². The maximum Gasteiger partial charge on any atom is 0.308 e. The van der Waals surface area contributed by atoms with Crippen LogP contribution < -0.4 is 30.7 Å². The molecule has 376 valence electrons. The predicted octanol–water partition coefficient (Wildman–Crippen LogP) is 3.92. The first-order chi connectivity index (χ1) is 33.5. The smallest absolute Gasteiger partial charge is 0.308 e. The Hall–Kier alpha value is -6.50. The van der Waals surface area contributed by atoms with Crippen molar-refractivity contribution < 1.29 is 52.2 Å². The van der Waals surface area contributed by atoms with Gasteiger partial charge in [0, 0.05) is 18.9 Å². The summed E-state index contributed by atoms with van der Waals surface area (Å²) < 4.78 is 23.0. The zero-order chi connectivity index (χ0) is 50.3. The first kappa shape index (κ1) is 52.9. The Morgan fingerprint density at radius 1 is 0.743 bits per heavy atom. The average Bonchev–Trinajstić information content (AvgIpc) is 3.85. The molecule has 2 saturated heterocycles. The Bertz CT molecular complexity index is 2370. The molecule has 4 amide bonds. The van der Waals surface area contributed by atoms with Crippen LogP contribution in [-0.2, 0) is 64.2 Å². The largest absolute Gasteiger partial charge is 0.483 e. The van der Waals surface area contributed by atoms with E-state index in [0.29, 0.717) is 61.6 Å². The van der Waals surface area contributed by atoms with E-state index < -0.39 is 53.5 Å². The van der Waals surface area contributed by atoms with E-state index in [-0.39, 0.29) is 68.3 Å². The molecule has 3 heterocycles. The number of ether oxygens (including phenoxy) is 4. The quantitative estimate of drug-likeness (QED) is 0.0261. The summed E-state index contributed by atoms with van der Waals surface area (Å²) in [6.45, 7) is 13.4. The molecule has 18 heteroatoms. The van der Waals surface area contributed by atoms with Gasteiger partial charge in [-0.05, 0) is 73.8 Å². The van der Waals surface area contributed by atoms with Gasteiger partial charge in [0.05, 0.1) is 32.1 Å². The first-order valence-electron chi connectivity index (χ1n) is 24.2. The summed E-state index contributed by atoms with van der Waals surface area (Å²) in [5, 5.41) is 22.3. The zero-order valence-electron chi connectivity index (χ0n) is 41.2. The van der Waals surface area contributed by atoms with Gasteiger partial charge in [-0.15, -0.1) is 0 Å². The van der Waals surface area contributed by atoms with Gasteiger partial charge in [-0.2, -0.15) is 15.4 Å². The fraction of sp³-hybridized carbons (Fsp3) is 0.500. The van der Waals surface area contributed by atoms with E-state index in [4.69, 9.17) is 18.9 Å². The Balaban J connectivity index is 1.20. The second-order valence-corrected chi connectivity index (χ2v) is 19.5. The van der Waals surface area contributed by atoms with Gasteiger partial charge in [0.15, 0.2) is 23.8 Å². The number of Topliss-reactive ketones (excluding diaryl/α,β-unsaturated/α-hetero) is 1. The number of carbonyl (C=O) groups is 6. The number of hydrogen-bond donors (Lipinski definition) is 5. The number of benzene rings is 3. The highest BCUT2D eigenvalue weighted by Crippen LogP contribution is 2.32. The number of epoxide rings is 1. The van der Waals surface area contributed by atoms with Crippen molar-refractivity contribution in [2.24, 2.45) is 11.8 Å². The van der Waals surface area contributed by atoms with Crippen molar-refractivity contribution in [3.05, 3.63) is 107 Å². The van der Waals surface area contributed by atoms with E-state index in [0.717, 1.165) is 16.7 Å². The second kappa shape index (κ2) is 24.9. The Morgan fingerprint density at radius 2 is 1.34 bits per heavy atom. The van der Waals surface area contributed by atoms with Crippen molar-refractivity contribution in [1.29, 1.82) is 0 Å². The van der Waals surface area contributed by atoms with Gasteiger partial charge >= 0.3 is 5.97 Å². The minimum atomic E-state index is -1.09. The molecule has 0 bridgehead atoms. The molecule has 6 rings (SSSR count). The molecule has 2 fully saturated rings. The van der Waals surface area contributed by atoms with E-state index >= 15 is 0 Å². The van der Waals surface area contributed by atoms with Crippen LogP contribution in [0.5, 0.6) is 11.5 Å². The first-order valence-corrected chi connectivity index (χ1v) is 24.2. The standard InChI is InChI=1S/C52H68N8O10/c1-34(2)25-42(48(63)52(6)33-69-52)55-51(66)44(27-38-15-11-8-12-16-38)57-50(65)43(26-35(3)4)56-49(64)41(19-17-37-13-9-7-10-14-37)54-47(62)31-60(21-23-67-24-22-60)30-39-18-20-45(70-36(5)61)46(28-39)68-32-40-29-53-59-58-40/h7-16,18,20,28-29,34-35,41-44H,17,19,21-27,30-33H2,1-6H3,(H4-,53,54,55,56,57,58,59,62,64,65,66)/p+1/t41-,42?,43-,44-,52+/m0/s1. The van der Waals surface area contributed by atoms with Crippen LogP contribution in [0.4, 0.5) is 0 Å². The molecule has 2 aliphatic heterocycles. The fourth-order valence-corrected chi connectivity index (χ4v) is 8.61. The van der Waals surface area contributed by atoms with Crippen LogP contribution in [0.3, 0.4) is 0 Å². The molecular formula is C52H69N8O10+. The summed E-state index contributed by atoms with van der Waals surface area (Å²) in [7, 11) is 0. The van der Waals surface area contributed by atoms with Gasteiger partial charge in [0.1, 0.15) is 55.7 Å². The van der Waals surface area contributed by atoms with Crippen molar-refractivity contribution in [2.75, 3.05) is 39.5 Å². The van der Waals surface area contributed by atoms with Crippen LogP contribution in [0.1, 0.15) is 83.2 Å². The van der Waals surface area contributed by atoms with Gasteiger partial charge < -0.3 is 44.7 Å². The lowest BCUT2D eigenvalue weighted by molar-refractivity contribution is -0.940. The number of quaternary nitrogens is 1. The predicted molar refractivity (Wildman–Crippen MR) is 259 cm³/mol. The SMILES string of the molecule is CC(=O)Oc1ccc(C[N+]2(CC(=O)N[C@@H](CCc3ccccc3)C(=O)N[C@@H](CC(C)C)C(=O)N[C@@H](Cc3ccccc3)C(=O)NC(CC(C)C)C(=O)[C@@]3(C)CO3)CCOCC2)cc1OCc1cn[nH]n1. The zero-order valence-corrected chi connectivity index (χ0v) is 41.2. The molecule has 2 aliphatic rings. The minimum Gasteiger partial charge on any atom is -0.483 e. The molecule has 1 aromatic heterocycles. The van der Waals surface area contributed by atoms with Gasteiger partial charge in [-0.25, -0.2) is 0 Å². The summed E-state index contributed by atoms with van der Waals surface area (Å²) in [6.07, 6.45) is 2.97. The molecule has 5 N–H and O–H groups in total. The number of nitrogens with one attached hydrogen (secondary N) is 5. The third kappa shape index (κ3) is 16.0. The van der Waals surface area contributed by atoms with Crippen molar-refractivity contribution in [3.8, 4) is 11.5 Å². The van der Waals surface area contributed by atoms with E-state index in [9.17, 15) is 28.8 Å². The summed E-state index contributed by atoms with van der Waals surface area (Å²) in [6, 6.07) is 20.1. The Morgan fingerprint density at radius 3 is 1.96 bits per heavy atom. The second-order valence-electron chi connectivity index (χ2n) is 19.5. The monoisotopic (exact) mass is 966 g/mol. The minimum absolute atomic E-state index is 0.0110. The van der Waals surface area contributed by atoms with E-state index in [1.54, 1.807) is 19.1 Å². The Labute approximate surface area is 409 Å². The molecular weight excluding hydrogens is 897 g/mol. The number of ketones is 1. The number of esters is 1. The number of hydrogen-bond acceptors (Lipinski definition) is 12. The van der Waals surface area contributed by atoms with Crippen molar-refractivity contribution in [3.63, 3.8) is 0 Å². The molecule has 0 aliphatic carbocycles. The number of aryl methyl sites for hydroxylation is 1. The number of carbonyl (C=O) groups excluding carboxylic acids is 6. The highest BCUT2D eigenvalue weighted by atomic mass is 16.6. The number of morpholine rings is 1. The molecule has 18 nitrogen and oxygen atoms in total.